The van der Waals surface area contributed by atoms with Crippen LogP contribution in [-0.4, -0.2) is 96.7 Å². The molecule has 0 aromatic rings. The third-order valence-corrected chi connectivity index (χ3v) is 19.4. The highest BCUT2D eigenvalue weighted by Crippen LogP contribution is 2.45. The van der Waals surface area contributed by atoms with Gasteiger partial charge in [-0.05, 0) is 109 Å². The number of phosphoric acid groups is 2. The molecule has 0 aliphatic carbocycles. The van der Waals surface area contributed by atoms with Crippen molar-refractivity contribution in [3.05, 3.63) is 122 Å². The summed E-state index contributed by atoms with van der Waals surface area (Å²) in [5, 5.41) is 10.7. The van der Waals surface area contributed by atoms with Crippen LogP contribution >= 0.6 is 15.6 Å². The Hall–Kier alpha value is -4.54. The van der Waals surface area contributed by atoms with Gasteiger partial charge in [0.25, 0.3) is 0 Å². The van der Waals surface area contributed by atoms with Gasteiger partial charge in [0, 0.05) is 25.7 Å². The Morgan fingerprint density at radius 2 is 0.509 bits per heavy atom. The maximum Gasteiger partial charge on any atom is 0.472 e. The molecule has 106 heavy (non-hydrogen) atoms. The van der Waals surface area contributed by atoms with Crippen LogP contribution in [0.4, 0.5) is 0 Å². The van der Waals surface area contributed by atoms with Gasteiger partial charge in [-0.3, -0.25) is 37.3 Å². The highest BCUT2D eigenvalue weighted by molar-refractivity contribution is 7.47. The van der Waals surface area contributed by atoms with E-state index in [1.807, 2.05) is 18.2 Å². The van der Waals surface area contributed by atoms with Gasteiger partial charge in [0.1, 0.15) is 19.3 Å². The summed E-state index contributed by atoms with van der Waals surface area (Å²) in [5.74, 6) is -2.29. The van der Waals surface area contributed by atoms with E-state index in [1.165, 1.54) is 141 Å². The zero-order valence-corrected chi connectivity index (χ0v) is 68.6. The molecule has 0 radical (unpaired) electrons. The number of unbranched alkanes of at least 4 members (excludes halogenated alkanes) is 32. The third kappa shape index (κ3) is 77.6. The molecule has 0 aromatic heterocycles. The third-order valence-electron chi connectivity index (χ3n) is 17.5. The predicted octanol–water partition coefficient (Wildman–Crippen LogP) is 24.7. The van der Waals surface area contributed by atoms with Crippen molar-refractivity contribution < 1.29 is 80.2 Å². The number of allylic oxidation sites excluding steroid dienone is 20. The lowest BCUT2D eigenvalue weighted by Crippen LogP contribution is -2.30. The number of ether oxygens (including phenoxy) is 4. The van der Waals surface area contributed by atoms with E-state index in [-0.39, 0.29) is 25.7 Å². The lowest BCUT2D eigenvalue weighted by Gasteiger charge is -2.21. The van der Waals surface area contributed by atoms with Gasteiger partial charge in [-0.15, -0.1) is 0 Å². The van der Waals surface area contributed by atoms with Gasteiger partial charge in [0.15, 0.2) is 12.2 Å². The average molecular weight is 1530 g/mol. The van der Waals surface area contributed by atoms with Gasteiger partial charge in [-0.2, -0.15) is 0 Å². The monoisotopic (exact) mass is 1530 g/mol. The lowest BCUT2D eigenvalue weighted by atomic mass is 10.0. The summed E-state index contributed by atoms with van der Waals surface area (Å²) in [6, 6.07) is 0. The first-order valence-electron chi connectivity index (χ1n) is 41.8. The van der Waals surface area contributed by atoms with Crippen molar-refractivity contribution in [3.63, 3.8) is 0 Å². The predicted molar refractivity (Wildman–Crippen MR) is 436 cm³/mol. The highest BCUT2D eigenvalue weighted by Gasteiger charge is 2.30. The second-order valence-corrected chi connectivity index (χ2v) is 30.6. The molecule has 3 N–H and O–H groups in total. The smallest absolute Gasteiger partial charge is 0.462 e. The fourth-order valence-corrected chi connectivity index (χ4v) is 12.7. The number of rotatable bonds is 78. The van der Waals surface area contributed by atoms with Crippen LogP contribution in [0.15, 0.2) is 122 Å². The van der Waals surface area contributed by atoms with E-state index in [0.29, 0.717) is 32.1 Å². The first-order valence-corrected chi connectivity index (χ1v) is 44.8. The van der Waals surface area contributed by atoms with Crippen molar-refractivity contribution in [2.75, 3.05) is 39.6 Å². The zero-order chi connectivity index (χ0) is 77.4. The standard InChI is InChI=1S/C87H150O17P2/c1-5-9-13-17-21-25-29-33-36-38-40-42-45-48-52-56-60-64-68-72-85(90)98-78-83(104-87(92)74-70-66-62-58-54-50-46-43-41-39-37-34-30-26-22-18-14-10-6-2)80-102-106(95,96)100-76-81(88)75-99-105(93,94)101-79-82(77-97-84(89)71-67-63-59-55-51-47-32-28-24-20-16-12-8-4)103-86(91)73-69-65-61-57-53-49-44-35-31-27-23-19-15-11-7-3/h9,13,21-22,25-26,33-34,36-37,40-43,48,50,52,54,62,66,81-83,88H,5-8,10-12,14-20,23-24,27-32,35,38-39,44-47,49,51,53,55-61,63-65,67-80H2,1-4H3,(H,93,94)(H,95,96)/b13-9-,25-21-,26-22-,36-33-,37-34-,42-40-,43-41-,52-48-,54-50-,66-62-/t81-,82+,83+/m0/s1. The normalized spacial score (nSPS) is 14.4. The minimum atomic E-state index is -5.01. The molecular formula is C87H150O17P2. The summed E-state index contributed by atoms with van der Waals surface area (Å²) in [7, 11) is -9.99. The fraction of sp³-hybridized carbons (Fsp3) is 0.724. The Labute approximate surface area is 644 Å². The zero-order valence-electron chi connectivity index (χ0n) is 66.8. The summed E-state index contributed by atoms with van der Waals surface area (Å²) in [4.78, 5) is 73.1. The molecule has 0 aliphatic heterocycles. The molecule has 2 unspecified atom stereocenters. The molecular weight excluding hydrogens is 1380 g/mol. The molecule has 17 nitrogen and oxygen atoms in total. The molecule has 19 heteroatoms. The number of aliphatic hydroxyl groups is 1. The van der Waals surface area contributed by atoms with Crippen molar-refractivity contribution in [2.45, 2.75) is 367 Å². The van der Waals surface area contributed by atoms with Crippen LogP contribution in [0.25, 0.3) is 0 Å². The van der Waals surface area contributed by atoms with E-state index in [1.54, 1.807) is 0 Å². The molecule has 0 heterocycles. The van der Waals surface area contributed by atoms with Crippen LogP contribution in [0.3, 0.4) is 0 Å². The molecule has 5 atom stereocenters. The Balaban J connectivity index is 5.46. The van der Waals surface area contributed by atoms with E-state index < -0.39 is 97.5 Å². The van der Waals surface area contributed by atoms with E-state index in [2.05, 4.69) is 131 Å². The molecule has 0 bridgehead atoms. The molecule has 0 saturated heterocycles. The van der Waals surface area contributed by atoms with Crippen LogP contribution in [0, 0.1) is 0 Å². The second kappa shape index (κ2) is 78.6. The second-order valence-electron chi connectivity index (χ2n) is 27.7. The highest BCUT2D eigenvalue weighted by atomic mass is 31.2. The maximum atomic E-state index is 13.1. The summed E-state index contributed by atoms with van der Waals surface area (Å²) in [6.45, 7) is 4.66. The van der Waals surface area contributed by atoms with Crippen molar-refractivity contribution in [2.24, 2.45) is 0 Å². The number of carbonyl (C=O) groups is 4. The molecule has 0 aliphatic rings. The van der Waals surface area contributed by atoms with Crippen LogP contribution in [-0.2, 0) is 65.4 Å². The molecule has 0 amide bonds. The molecule has 0 aromatic carbocycles. The van der Waals surface area contributed by atoms with E-state index in [4.69, 9.17) is 37.0 Å². The minimum Gasteiger partial charge on any atom is -0.462 e. The van der Waals surface area contributed by atoms with Gasteiger partial charge in [0.05, 0.1) is 26.4 Å². The fourth-order valence-electron chi connectivity index (χ4n) is 11.1. The Morgan fingerprint density at radius 3 is 0.830 bits per heavy atom. The van der Waals surface area contributed by atoms with E-state index in [0.717, 1.165) is 122 Å². The van der Waals surface area contributed by atoms with E-state index >= 15 is 0 Å². The van der Waals surface area contributed by atoms with Crippen LogP contribution in [0.1, 0.15) is 349 Å². The van der Waals surface area contributed by atoms with Gasteiger partial charge < -0.3 is 33.8 Å². The van der Waals surface area contributed by atoms with Crippen LogP contribution in [0.5, 0.6) is 0 Å². The SMILES string of the molecule is CC/C=C\C/C=C\C/C=C\C/C=C\C/C=C\CCCCCC(=O)OC[C@H](COP(=O)(O)OC[C@@H](O)COP(=O)(O)OC[C@@H](COC(=O)CCCCCCCCCCCCCCC)OC(=O)CCCCCCCCCCCCCCCCC)OC(=O)CC/C=C\C/C=C\C/C=C\C/C=C\C/C=C\CCCCC. The Bertz CT molecular complexity index is 2480. The number of hydrogen-bond acceptors (Lipinski definition) is 15. The van der Waals surface area contributed by atoms with Gasteiger partial charge in [-0.1, -0.05) is 335 Å². The first-order chi connectivity index (χ1) is 51.7. The Kier molecular flexibility index (Phi) is 75.2. The summed E-state index contributed by atoms with van der Waals surface area (Å²) in [5.41, 5.74) is 0. The number of phosphoric ester groups is 2. The summed E-state index contributed by atoms with van der Waals surface area (Å²) >= 11 is 0. The molecule has 0 spiro atoms. The van der Waals surface area contributed by atoms with Gasteiger partial charge >= 0.3 is 39.5 Å². The number of carbonyl (C=O) groups excluding carboxylic acids is 4. The largest absolute Gasteiger partial charge is 0.472 e. The topological polar surface area (TPSA) is 237 Å². The summed E-state index contributed by atoms with van der Waals surface area (Å²) in [6.07, 6.45) is 87.5. The summed E-state index contributed by atoms with van der Waals surface area (Å²) < 4.78 is 68.6. The number of esters is 4. The van der Waals surface area contributed by atoms with E-state index in [9.17, 15) is 43.2 Å². The Morgan fingerprint density at radius 1 is 0.274 bits per heavy atom. The van der Waals surface area contributed by atoms with Crippen molar-refractivity contribution >= 4 is 39.5 Å². The molecule has 0 rings (SSSR count). The van der Waals surface area contributed by atoms with Crippen LogP contribution < -0.4 is 0 Å². The molecule has 610 valence electrons. The average Bonchev–Trinajstić information content (AvgIpc) is 0.903. The van der Waals surface area contributed by atoms with Gasteiger partial charge in [0.2, 0.25) is 0 Å². The van der Waals surface area contributed by atoms with Crippen molar-refractivity contribution in [3.8, 4) is 0 Å². The number of aliphatic hydroxyl groups excluding tert-OH is 1. The maximum absolute atomic E-state index is 13.1. The molecule has 0 fully saturated rings. The van der Waals surface area contributed by atoms with Crippen LogP contribution in [0.2, 0.25) is 0 Å². The van der Waals surface area contributed by atoms with Crippen molar-refractivity contribution in [1.82, 2.24) is 0 Å². The minimum absolute atomic E-state index is 0.0379. The van der Waals surface area contributed by atoms with Gasteiger partial charge in [-0.25, -0.2) is 9.13 Å². The first kappa shape index (κ1) is 101. The number of hydrogen-bond donors (Lipinski definition) is 3. The van der Waals surface area contributed by atoms with Crippen molar-refractivity contribution in [1.29, 1.82) is 0 Å². The quantitative estimate of drug-likeness (QED) is 0.0169. The molecule has 0 saturated carbocycles. The lowest BCUT2D eigenvalue weighted by molar-refractivity contribution is -0.161.